The summed E-state index contributed by atoms with van der Waals surface area (Å²) >= 11 is 1.60. The summed E-state index contributed by atoms with van der Waals surface area (Å²) in [6.07, 6.45) is 5.65. The van der Waals surface area contributed by atoms with Crippen LogP contribution >= 0.6 is 11.8 Å². The third-order valence-electron chi connectivity index (χ3n) is 4.30. The van der Waals surface area contributed by atoms with E-state index in [-0.39, 0.29) is 11.2 Å². The van der Waals surface area contributed by atoms with E-state index in [2.05, 4.69) is 0 Å². The smallest absolute Gasteiger partial charge is 0.235 e. The number of likely N-dealkylation sites (tertiary alicyclic amines) is 1. The van der Waals surface area contributed by atoms with Crippen LogP contribution in [0.2, 0.25) is 0 Å². The van der Waals surface area contributed by atoms with E-state index in [0.717, 1.165) is 48.7 Å². The van der Waals surface area contributed by atoms with Crippen LogP contribution < -0.4 is 9.47 Å². The molecule has 1 aromatic carbocycles. The summed E-state index contributed by atoms with van der Waals surface area (Å²) in [5.41, 5.74) is 0. The fraction of sp³-hybridized carbons (Fsp3) is 0.611. The van der Waals surface area contributed by atoms with Crippen molar-refractivity contribution in [2.45, 2.75) is 49.2 Å². The molecule has 0 spiro atoms. The zero-order valence-corrected chi connectivity index (χ0v) is 14.6. The Kier molecular flexibility index (Phi) is 5.70. The second kappa shape index (κ2) is 7.95. The van der Waals surface area contributed by atoms with Crippen molar-refractivity contribution in [2.75, 3.05) is 26.3 Å². The van der Waals surface area contributed by atoms with Crippen molar-refractivity contribution in [1.82, 2.24) is 4.90 Å². The van der Waals surface area contributed by atoms with E-state index in [1.54, 1.807) is 11.8 Å². The lowest BCUT2D eigenvalue weighted by Gasteiger charge is -2.24. The number of carbonyl (C=O) groups excluding carboxylic acids is 1. The molecule has 4 nitrogen and oxygen atoms in total. The number of fused-ring (bicyclic) bond motifs is 1. The Bertz CT molecular complexity index is 541. The number of carbonyl (C=O) groups is 1. The normalized spacial score (nSPS) is 19.6. The van der Waals surface area contributed by atoms with Gasteiger partial charge < -0.3 is 14.4 Å². The molecule has 2 heterocycles. The topological polar surface area (TPSA) is 38.8 Å². The van der Waals surface area contributed by atoms with Gasteiger partial charge in [0.05, 0.1) is 18.5 Å². The van der Waals surface area contributed by atoms with E-state index in [9.17, 15) is 4.79 Å². The first-order chi connectivity index (χ1) is 11.2. The number of benzene rings is 1. The number of nitrogens with zero attached hydrogens (tertiary/aromatic N) is 1. The summed E-state index contributed by atoms with van der Waals surface area (Å²) in [6.45, 7) is 5.20. The molecule has 2 aliphatic rings. The van der Waals surface area contributed by atoms with Gasteiger partial charge in [-0.2, -0.15) is 0 Å². The molecule has 3 rings (SSSR count). The van der Waals surface area contributed by atoms with E-state index >= 15 is 0 Å². The monoisotopic (exact) mass is 335 g/mol. The van der Waals surface area contributed by atoms with Crippen LogP contribution in [0.1, 0.15) is 39.0 Å². The summed E-state index contributed by atoms with van der Waals surface area (Å²) in [4.78, 5) is 15.7. The van der Waals surface area contributed by atoms with Crippen LogP contribution in [0.3, 0.4) is 0 Å². The summed E-state index contributed by atoms with van der Waals surface area (Å²) in [5, 5.41) is -0.0714. The third-order valence-corrected chi connectivity index (χ3v) is 5.38. The van der Waals surface area contributed by atoms with Gasteiger partial charge in [-0.05, 0) is 38.0 Å². The van der Waals surface area contributed by atoms with Crippen LogP contribution in [0.15, 0.2) is 23.1 Å². The van der Waals surface area contributed by atoms with Crippen LogP contribution in [0, 0.1) is 0 Å². The zero-order valence-electron chi connectivity index (χ0n) is 13.8. The molecule has 5 heteroatoms. The average Bonchev–Trinajstić information content (AvgIpc) is 2.96. The van der Waals surface area contributed by atoms with Gasteiger partial charge in [0, 0.05) is 24.4 Å². The summed E-state index contributed by atoms with van der Waals surface area (Å²) in [6, 6.07) is 5.97. The Morgan fingerprint density at radius 2 is 1.74 bits per heavy atom. The Balaban J connectivity index is 1.63. The van der Waals surface area contributed by atoms with E-state index < -0.39 is 0 Å². The van der Waals surface area contributed by atoms with Crippen LogP contribution in [-0.2, 0) is 4.79 Å². The highest BCUT2D eigenvalue weighted by Crippen LogP contribution is 2.35. The van der Waals surface area contributed by atoms with Crippen molar-refractivity contribution in [1.29, 1.82) is 0 Å². The molecule has 1 saturated heterocycles. The van der Waals surface area contributed by atoms with E-state index in [4.69, 9.17) is 9.47 Å². The first-order valence-electron chi connectivity index (χ1n) is 8.59. The molecule has 1 amide bonds. The molecule has 1 unspecified atom stereocenters. The number of hydrogen-bond acceptors (Lipinski definition) is 4. The number of rotatable bonds is 3. The van der Waals surface area contributed by atoms with Gasteiger partial charge in [-0.25, -0.2) is 0 Å². The van der Waals surface area contributed by atoms with Gasteiger partial charge >= 0.3 is 0 Å². The molecule has 126 valence electrons. The molecule has 2 aliphatic heterocycles. The number of ether oxygens (including phenoxy) is 2. The van der Waals surface area contributed by atoms with Crippen LogP contribution in [0.4, 0.5) is 0 Å². The van der Waals surface area contributed by atoms with Crippen molar-refractivity contribution in [3.8, 4) is 11.5 Å². The maximum Gasteiger partial charge on any atom is 0.235 e. The van der Waals surface area contributed by atoms with Crippen molar-refractivity contribution >= 4 is 17.7 Å². The SMILES string of the molecule is CC(Sc1ccc2c(c1)OCCCO2)C(=O)N1CCCCCC1. The quantitative estimate of drug-likeness (QED) is 0.789. The Hall–Kier alpha value is -1.36. The Morgan fingerprint density at radius 1 is 1.04 bits per heavy atom. The Morgan fingerprint density at radius 3 is 2.48 bits per heavy atom. The number of thioether (sulfide) groups is 1. The van der Waals surface area contributed by atoms with Gasteiger partial charge in [0.15, 0.2) is 11.5 Å². The maximum atomic E-state index is 12.6. The van der Waals surface area contributed by atoms with E-state index in [1.807, 2.05) is 30.0 Å². The van der Waals surface area contributed by atoms with Gasteiger partial charge in [-0.1, -0.05) is 12.8 Å². The molecule has 0 N–H and O–H groups in total. The first-order valence-corrected chi connectivity index (χ1v) is 9.47. The van der Waals surface area contributed by atoms with Crippen molar-refractivity contribution in [3.05, 3.63) is 18.2 Å². The summed E-state index contributed by atoms with van der Waals surface area (Å²) in [5.74, 6) is 1.85. The molecule has 1 aromatic rings. The van der Waals surface area contributed by atoms with Crippen LogP contribution in [0.25, 0.3) is 0 Å². The standard InChI is InChI=1S/C18H25NO3S/c1-14(18(20)19-9-4-2-3-5-10-19)23-15-7-8-16-17(13-15)22-12-6-11-21-16/h7-8,13-14H,2-6,9-12H2,1H3. The second-order valence-electron chi connectivity index (χ2n) is 6.16. The predicted octanol–water partition coefficient (Wildman–Crippen LogP) is 3.73. The molecule has 0 aromatic heterocycles. The fourth-order valence-electron chi connectivity index (χ4n) is 3.02. The Labute approximate surface area is 142 Å². The molecular weight excluding hydrogens is 310 g/mol. The largest absolute Gasteiger partial charge is 0.490 e. The molecule has 0 bridgehead atoms. The highest BCUT2D eigenvalue weighted by atomic mass is 32.2. The summed E-state index contributed by atoms with van der Waals surface area (Å²) < 4.78 is 11.4. The van der Waals surface area contributed by atoms with Gasteiger partial charge in [0.1, 0.15) is 0 Å². The lowest BCUT2D eigenvalue weighted by Crippen LogP contribution is -2.37. The third kappa shape index (κ3) is 4.34. The van der Waals surface area contributed by atoms with E-state index in [1.165, 1.54) is 12.8 Å². The molecular formula is C18H25NO3S. The average molecular weight is 335 g/mol. The zero-order chi connectivity index (χ0) is 16.1. The minimum Gasteiger partial charge on any atom is -0.490 e. The number of amides is 1. The first kappa shape index (κ1) is 16.5. The highest BCUT2D eigenvalue weighted by molar-refractivity contribution is 8.00. The minimum absolute atomic E-state index is 0.0714. The highest BCUT2D eigenvalue weighted by Gasteiger charge is 2.23. The lowest BCUT2D eigenvalue weighted by molar-refractivity contribution is -0.130. The van der Waals surface area contributed by atoms with Crippen molar-refractivity contribution in [3.63, 3.8) is 0 Å². The van der Waals surface area contributed by atoms with Gasteiger partial charge in [-0.15, -0.1) is 11.8 Å². The lowest BCUT2D eigenvalue weighted by atomic mass is 10.2. The fourth-order valence-corrected chi connectivity index (χ4v) is 4.00. The molecule has 1 atom stereocenters. The van der Waals surface area contributed by atoms with Gasteiger partial charge in [0.25, 0.3) is 0 Å². The van der Waals surface area contributed by atoms with Gasteiger partial charge in [-0.3, -0.25) is 4.79 Å². The minimum atomic E-state index is -0.0714. The van der Waals surface area contributed by atoms with E-state index in [0.29, 0.717) is 13.2 Å². The van der Waals surface area contributed by atoms with Crippen LogP contribution in [-0.4, -0.2) is 42.4 Å². The van der Waals surface area contributed by atoms with Gasteiger partial charge in [0.2, 0.25) is 5.91 Å². The van der Waals surface area contributed by atoms with Crippen LogP contribution in [0.5, 0.6) is 11.5 Å². The summed E-state index contributed by atoms with van der Waals surface area (Å²) in [7, 11) is 0. The van der Waals surface area contributed by atoms with Crippen molar-refractivity contribution < 1.29 is 14.3 Å². The maximum absolute atomic E-state index is 12.6. The number of hydrogen-bond donors (Lipinski definition) is 0. The molecule has 0 aliphatic carbocycles. The predicted molar refractivity (Wildman–Crippen MR) is 92.4 cm³/mol. The molecule has 0 saturated carbocycles. The molecule has 23 heavy (non-hydrogen) atoms. The second-order valence-corrected chi connectivity index (χ2v) is 7.57. The van der Waals surface area contributed by atoms with Crippen molar-refractivity contribution in [2.24, 2.45) is 0 Å². The molecule has 0 radical (unpaired) electrons. The molecule has 1 fully saturated rings.